The van der Waals surface area contributed by atoms with Crippen molar-refractivity contribution < 1.29 is 9.72 Å². The summed E-state index contributed by atoms with van der Waals surface area (Å²) in [4.78, 5) is 26.7. The summed E-state index contributed by atoms with van der Waals surface area (Å²) in [7, 11) is 0. The molecule has 3 aromatic rings. The number of nitrogens with one attached hydrogen (secondary N) is 1. The molecule has 0 fully saturated rings. The van der Waals surface area contributed by atoms with Crippen molar-refractivity contribution in [2.75, 3.05) is 5.32 Å². The summed E-state index contributed by atoms with van der Waals surface area (Å²) in [6.07, 6.45) is 1.60. The van der Waals surface area contributed by atoms with Crippen LogP contribution in [0.2, 0.25) is 0 Å². The summed E-state index contributed by atoms with van der Waals surface area (Å²) < 4.78 is 1.64. The first-order valence-corrected chi connectivity index (χ1v) is 8.60. The van der Waals surface area contributed by atoms with Crippen molar-refractivity contribution in [3.63, 3.8) is 0 Å². The van der Waals surface area contributed by atoms with Crippen LogP contribution in [0.1, 0.15) is 6.92 Å². The quantitative estimate of drug-likeness (QED) is 0.406. The number of benzene rings is 2. The van der Waals surface area contributed by atoms with E-state index in [-0.39, 0.29) is 11.6 Å². The highest BCUT2D eigenvalue weighted by Gasteiger charge is 2.17. The molecule has 0 aliphatic heterocycles. The third-order valence-corrected chi connectivity index (χ3v) is 4.45. The maximum atomic E-state index is 12.3. The van der Waals surface area contributed by atoms with Crippen LogP contribution in [0, 0.1) is 10.1 Å². The fourth-order valence-electron chi connectivity index (χ4n) is 2.13. The molecule has 0 saturated carbocycles. The summed E-state index contributed by atoms with van der Waals surface area (Å²) >= 11 is 1.23. The first-order chi connectivity index (χ1) is 12.5. The normalized spacial score (nSPS) is 11.7. The van der Waals surface area contributed by atoms with Gasteiger partial charge < -0.3 is 5.32 Å². The molecule has 1 unspecified atom stereocenters. The maximum Gasteiger partial charge on any atom is 0.269 e. The number of anilines is 1. The molecule has 9 heteroatoms. The van der Waals surface area contributed by atoms with E-state index in [0.29, 0.717) is 10.8 Å². The van der Waals surface area contributed by atoms with E-state index in [9.17, 15) is 14.9 Å². The van der Waals surface area contributed by atoms with E-state index in [1.807, 2.05) is 30.3 Å². The van der Waals surface area contributed by atoms with Gasteiger partial charge in [0.25, 0.3) is 5.69 Å². The number of non-ortho nitro benzene ring substituents is 1. The van der Waals surface area contributed by atoms with Crippen LogP contribution in [0.3, 0.4) is 0 Å². The van der Waals surface area contributed by atoms with Crippen LogP contribution in [0.25, 0.3) is 5.69 Å². The summed E-state index contributed by atoms with van der Waals surface area (Å²) in [6, 6.07) is 15.2. The van der Waals surface area contributed by atoms with Gasteiger partial charge >= 0.3 is 0 Å². The average Bonchev–Trinajstić information content (AvgIpc) is 3.11. The van der Waals surface area contributed by atoms with Gasteiger partial charge in [0, 0.05) is 17.8 Å². The van der Waals surface area contributed by atoms with Crippen LogP contribution in [-0.4, -0.2) is 30.8 Å². The number of rotatable bonds is 6. The molecule has 1 N–H and O–H groups in total. The third kappa shape index (κ3) is 4.25. The number of nitro groups is 1. The Morgan fingerprint density at radius 1 is 1.19 bits per heavy atom. The molecule has 3 rings (SSSR count). The minimum absolute atomic E-state index is 0.0268. The zero-order valence-corrected chi connectivity index (χ0v) is 14.6. The molecule has 1 amide bonds. The predicted molar refractivity (Wildman–Crippen MR) is 98.4 cm³/mol. The molecule has 1 aromatic heterocycles. The molecular weight excluding hydrogens is 354 g/mol. The summed E-state index contributed by atoms with van der Waals surface area (Å²) in [6.45, 7) is 1.74. The Balaban J connectivity index is 1.61. The SMILES string of the molecule is CC(Sc1ncn(-c2ccccc2)n1)C(=O)Nc1ccc([N+](=O)[O-])cc1. The van der Waals surface area contributed by atoms with E-state index in [1.165, 1.54) is 36.0 Å². The molecule has 0 spiro atoms. The average molecular weight is 369 g/mol. The molecule has 1 heterocycles. The van der Waals surface area contributed by atoms with Crippen molar-refractivity contribution in [2.45, 2.75) is 17.3 Å². The van der Waals surface area contributed by atoms with E-state index < -0.39 is 10.2 Å². The van der Waals surface area contributed by atoms with Crippen LogP contribution in [0.4, 0.5) is 11.4 Å². The third-order valence-electron chi connectivity index (χ3n) is 3.49. The van der Waals surface area contributed by atoms with E-state index in [1.54, 1.807) is 17.9 Å². The Morgan fingerprint density at radius 3 is 2.54 bits per heavy atom. The number of carbonyl (C=O) groups excluding carboxylic acids is 1. The molecule has 0 radical (unpaired) electrons. The minimum Gasteiger partial charge on any atom is -0.325 e. The molecule has 0 aliphatic carbocycles. The van der Waals surface area contributed by atoms with Crippen molar-refractivity contribution in [2.24, 2.45) is 0 Å². The molecule has 1 atom stereocenters. The second-order valence-corrected chi connectivity index (χ2v) is 6.67. The largest absolute Gasteiger partial charge is 0.325 e. The smallest absolute Gasteiger partial charge is 0.269 e. The second-order valence-electron chi connectivity index (χ2n) is 5.36. The Hall–Kier alpha value is -3.20. The summed E-state index contributed by atoms with van der Waals surface area (Å²) in [5.41, 5.74) is 1.35. The number of nitrogens with zero attached hydrogens (tertiary/aromatic N) is 4. The Labute approximate surface area is 153 Å². The topological polar surface area (TPSA) is 103 Å². The molecule has 8 nitrogen and oxygen atoms in total. The number of thioether (sulfide) groups is 1. The van der Waals surface area contributed by atoms with Gasteiger partial charge in [0.15, 0.2) is 0 Å². The summed E-state index contributed by atoms with van der Waals surface area (Å²) in [5.74, 6) is -0.236. The van der Waals surface area contributed by atoms with Gasteiger partial charge in [-0.25, -0.2) is 9.67 Å². The molecule has 0 aliphatic rings. The molecule has 0 saturated heterocycles. The fraction of sp³-hybridized carbons (Fsp3) is 0.118. The minimum atomic E-state index is -0.487. The number of aromatic nitrogens is 3. The lowest BCUT2D eigenvalue weighted by Gasteiger charge is -2.10. The standard InChI is InChI=1S/C17H15N5O3S/c1-12(16(23)19-13-7-9-15(10-8-13)22(24)25)26-17-18-11-21(20-17)14-5-3-2-4-6-14/h2-12H,1H3,(H,19,23). The van der Waals surface area contributed by atoms with E-state index in [4.69, 9.17) is 0 Å². The number of hydrogen-bond donors (Lipinski definition) is 1. The van der Waals surface area contributed by atoms with Crippen LogP contribution < -0.4 is 5.32 Å². The van der Waals surface area contributed by atoms with E-state index >= 15 is 0 Å². The fourth-order valence-corrected chi connectivity index (χ4v) is 2.85. The molecule has 2 aromatic carbocycles. The van der Waals surface area contributed by atoms with Gasteiger partial charge in [0.2, 0.25) is 11.1 Å². The second kappa shape index (κ2) is 7.79. The van der Waals surface area contributed by atoms with E-state index in [0.717, 1.165) is 5.69 Å². The lowest BCUT2D eigenvalue weighted by Crippen LogP contribution is -2.22. The summed E-state index contributed by atoms with van der Waals surface area (Å²) in [5, 5.41) is 17.8. The van der Waals surface area contributed by atoms with Gasteiger partial charge in [0.05, 0.1) is 15.9 Å². The maximum absolute atomic E-state index is 12.3. The number of para-hydroxylation sites is 1. The zero-order valence-electron chi connectivity index (χ0n) is 13.8. The van der Waals surface area contributed by atoms with Crippen molar-refractivity contribution in [1.29, 1.82) is 0 Å². The van der Waals surface area contributed by atoms with Crippen molar-refractivity contribution in [3.8, 4) is 5.69 Å². The Kier molecular flexibility index (Phi) is 5.28. The van der Waals surface area contributed by atoms with Gasteiger partial charge in [-0.3, -0.25) is 14.9 Å². The lowest BCUT2D eigenvalue weighted by atomic mass is 10.3. The molecule has 0 bridgehead atoms. The predicted octanol–water partition coefficient (Wildman–Crippen LogP) is 3.29. The highest BCUT2D eigenvalue weighted by atomic mass is 32.2. The highest BCUT2D eigenvalue weighted by Crippen LogP contribution is 2.22. The van der Waals surface area contributed by atoms with Gasteiger partial charge in [-0.05, 0) is 31.2 Å². The first-order valence-electron chi connectivity index (χ1n) is 7.72. The number of hydrogen-bond acceptors (Lipinski definition) is 6. The Morgan fingerprint density at radius 2 is 1.88 bits per heavy atom. The zero-order chi connectivity index (χ0) is 18.5. The number of amides is 1. The van der Waals surface area contributed by atoms with Crippen LogP contribution in [-0.2, 0) is 4.79 Å². The number of nitro benzene ring substituents is 1. The van der Waals surface area contributed by atoms with Gasteiger partial charge in [0.1, 0.15) is 6.33 Å². The molecule has 132 valence electrons. The van der Waals surface area contributed by atoms with Crippen LogP contribution >= 0.6 is 11.8 Å². The van der Waals surface area contributed by atoms with Gasteiger partial charge in [-0.1, -0.05) is 30.0 Å². The monoisotopic (exact) mass is 369 g/mol. The van der Waals surface area contributed by atoms with Crippen LogP contribution in [0.5, 0.6) is 0 Å². The lowest BCUT2D eigenvalue weighted by molar-refractivity contribution is -0.384. The van der Waals surface area contributed by atoms with Crippen LogP contribution in [0.15, 0.2) is 66.1 Å². The Bertz CT molecular complexity index is 912. The van der Waals surface area contributed by atoms with Crippen molar-refractivity contribution in [3.05, 3.63) is 71.0 Å². The van der Waals surface area contributed by atoms with Gasteiger partial charge in [-0.15, -0.1) is 5.10 Å². The van der Waals surface area contributed by atoms with Crippen molar-refractivity contribution >= 4 is 29.0 Å². The molecule has 26 heavy (non-hydrogen) atoms. The molecular formula is C17H15N5O3S. The van der Waals surface area contributed by atoms with Gasteiger partial charge in [-0.2, -0.15) is 0 Å². The van der Waals surface area contributed by atoms with E-state index in [2.05, 4.69) is 15.4 Å². The first kappa shape index (κ1) is 17.6. The van der Waals surface area contributed by atoms with Crippen molar-refractivity contribution in [1.82, 2.24) is 14.8 Å². The number of carbonyl (C=O) groups is 1. The highest BCUT2D eigenvalue weighted by molar-refractivity contribution is 8.00.